The van der Waals surface area contributed by atoms with Crippen molar-refractivity contribution >= 4 is 35.8 Å². The zero-order valence-corrected chi connectivity index (χ0v) is 66.9. The highest BCUT2D eigenvalue weighted by Gasteiger charge is 2.30. The Morgan fingerprint density at radius 1 is 0.158 bits per heavy atom. The van der Waals surface area contributed by atoms with Gasteiger partial charge in [-0.25, -0.2) is 28.8 Å². The second-order valence-corrected chi connectivity index (χ2v) is 27.0. The van der Waals surface area contributed by atoms with E-state index in [2.05, 4.69) is 144 Å². The van der Waals surface area contributed by atoms with Crippen LogP contribution < -0.4 is 0 Å². The molecule has 13 aromatic carbocycles. The van der Waals surface area contributed by atoms with E-state index in [4.69, 9.17) is 28.4 Å². The Bertz CT molecular complexity index is 5330. The summed E-state index contributed by atoms with van der Waals surface area (Å²) in [5, 5.41) is 0. The minimum Gasteiger partial charge on any atom is -0.462 e. The quantitative estimate of drug-likeness (QED) is 0.0455. The molecule has 0 amide bonds. The largest absolute Gasteiger partial charge is 0.462 e. The molecule has 0 heterocycles. The number of carbonyl (C=O) groups excluding carboxylic acids is 6. The highest BCUT2D eigenvalue weighted by atomic mass is 16.5. The molecule has 13 aromatic rings. The van der Waals surface area contributed by atoms with Crippen molar-refractivity contribution in [3.8, 4) is 138 Å². The third-order valence-electron chi connectivity index (χ3n) is 19.0. The van der Waals surface area contributed by atoms with Gasteiger partial charge in [-0.3, -0.25) is 0 Å². The summed E-state index contributed by atoms with van der Waals surface area (Å²) in [5.41, 5.74) is 21.2. The normalized spacial score (nSPS) is 10.2. The van der Waals surface area contributed by atoms with Crippen LogP contribution >= 0.6 is 0 Å². The number of ether oxygens (including phenoxy) is 6. The van der Waals surface area contributed by atoms with Gasteiger partial charge in [-0.05, 0) is 327 Å². The molecular weight excluding hydrogens is 1490 g/mol. The number of hydrogen-bond acceptors (Lipinski definition) is 12. The van der Waals surface area contributed by atoms with Gasteiger partial charge in [0, 0.05) is 66.8 Å². The van der Waals surface area contributed by atoms with Crippen molar-refractivity contribution in [1.29, 1.82) is 0 Å². The molecule has 0 saturated heterocycles. The van der Waals surface area contributed by atoms with E-state index in [1.54, 1.807) is 187 Å². The second kappa shape index (κ2) is 39.9. The van der Waals surface area contributed by atoms with E-state index in [9.17, 15) is 28.8 Å². The van der Waals surface area contributed by atoms with Crippen LogP contribution in [-0.4, -0.2) is 75.5 Å². The summed E-state index contributed by atoms with van der Waals surface area (Å²) in [6.45, 7) is 12.1. The number of rotatable bonds is 18. The first-order valence-electron chi connectivity index (χ1n) is 39.3. The monoisotopic (exact) mass is 1570 g/mol. The SMILES string of the molecule is CCOC(=O)c1ccc(C#Cc2ccc(-c3c(-c4ccc(C#Cc5ccc(C(=O)OCC)cc5)cc4)c(-c4ccc(C#Cc5ccc(C(=O)OCC)cc5)cc4)c(-c4ccc(C#Cc5ccc(C(=O)OCC)cc5)cc4)c(-c4ccc(C#Cc5ccc(C(=O)OCC)cc5)cc4)c3-c3ccc(C#Cc4ccc(C(=O)OCC)cc4)cc3)cc2)cc1. The maximum atomic E-state index is 12.7. The van der Waals surface area contributed by atoms with Gasteiger partial charge in [0.25, 0.3) is 0 Å². The Morgan fingerprint density at radius 2 is 0.250 bits per heavy atom. The van der Waals surface area contributed by atoms with Crippen LogP contribution in [0.3, 0.4) is 0 Å². The average Bonchev–Trinajstić information content (AvgIpc) is 0.713. The first-order valence-corrected chi connectivity index (χ1v) is 39.3. The van der Waals surface area contributed by atoms with Crippen molar-refractivity contribution in [3.63, 3.8) is 0 Å². The van der Waals surface area contributed by atoms with Gasteiger partial charge in [0.15, 0.2) is 0 Å². The van der Waals surface area contributed by atoms with Crippen molar-refractivity contribution in [2.45, 2.75) is 41.5 Å². The average molecular weight is 1570 g/mol. The van der Waals surface area contributed by atoms with Crippen LogP contribution in [0.5, 0.6) is 0 Å². The summed E-state index contributed by atoms with van der Waals surface area (Å²) in [6, 6.07) is 91.3. The van der Waals surface area contributed by atoms with Gasteiger partial charge in [-0.1, -0.05) is 144 Å². The molecule has 0 saturated carbocycles. The fourth-order valence-corrected chi connectivity index (χ4v) is 13.1. The topological polar surface area (TPSA) is 158 Å². The zero-order valence-electron chi connectivity index (χ0n) is 66.9. The molecule has 0 fully saturated rings. The molecule has 0 aliphatic rings. The molecule has 12 heteroatoms. The Balaban J connectivity index is 1.09. The molecule has 0 aromatic heterocycles. The van der Waals surface area contributed by atoms with Crippen LogP contribution in [0.2, 0.25) is 0 Å². The lowest BCUT2D eigenvalue weighted by Gasteiger charge is -2.29. The summed E-state index contributed by atoms with van der Waals surface area (Å²) in [5.74, 6) is 37.7. The fourth-order valence-electron chi connectivity index (χ4n) is 13.1. The molecule has 0 N–H and O–H groups in total. The predicted octanol–water partition coefficient (Wildman–Crippen LogP) is 21.1. The van der Waals surface area contributed by atoms with E-state index >= 15 is 0 Å². The number of benzene rings is 13. The van der Waals surface area contributed by atoms with Crippen LogP contribution in [0, 0.1) is 71.0 Å². The molecule has 120 heavy (non-hydrogen) atoms. The molecule has 0 radical (unpaired) electrons. The third kappa shape index (κ3) is 20.8. The van der Waals surface area contributed by atoms with Gasteiger partial charge in [-0.15, -0.1) is 0 Å². The number of hydrogen-bond donors (Lipinski definition) is 0. The first kappa shape index (κ1) is 82.0. The highest BCUT2D eigenvalue weighted by molar-refractivity contribution is 6.15. The summed E-state index contributed by atoms with van der Waals surface area (Å²) < 4.78 is 31.6. The van der Waals surface area contributed by atoms with Crippen LogP contribution in [0.4, 0.5) is 0 Å². The van der Waals surface area contributed by atoms with E-state index in [0.29, 0.717) is 66.8 Å². The maximum absolute atomic E-state index is 12.7. The molecular formula is C108H78O12. The fraction of sp³-hybridized carbons (Fsp3) is 0.111. The summed E-state index contributed by atoms with van der Waals surface area (Å²) in [4.78, 5) is 76.1. The molecule has 0 aliphatic carbocycles. The van der Waals surface area contributed by atoms with Crippen molar-refractivity contribution < 1.29 is 57.2 Å². The summed E-state index contributed by atoms with van der Waals surface area (Å²) in [7, 11) is 0. The molecule has 582 valence electrons. The van der Waals surface area contributed by atoms with Gasteiger partial charge in [0.2, 0.25) is 0 Å². The molecule has 0 spiro atoms. The Hall–Kier alpha value is -16.0. The molecule has 0 unspecified atom stereocenters. The van der Waals surface area contributed by atoms with E-state index in [-0.39, 0.29) is 39.6 Å². The van der Waals surface area contributed by atoms with Gasteiger partial charge < -0.3 is 28.4 Å². The maximum Gasteiger partial charge on any atom is 0.338 e. The Morgan fingerprint density at radius 3 is 0.342 bits per heavy atom. The molecule has 0 aliphatic heterocycles. The van der Waals surface area contributed by atoms with Crippen LogP contribution in [0.15, 0.2) is 291 Å². The van der Waals surface area contributed by atoms with Crippen LogP contribution in [0.25, 0.3) is 66.8 Å². The lowest BCUT2D eigenvalue weighted by molar-refractivity contribution is 0.0516. The number of esters is 6. The van der Waals surface area contributed by atoms with Crippen molar-refractivity contribution in [2.24, 2.45) is 0 Å². The van der Waals surface area contributed by atoms with Gasteiger partial charge in [0.1, 0.15) is 0 Å². The third-order valence-corrected chi connectivity index (χ3v) is 19.0. The Kier molecular flexibility index (Phi) is 27.3. The summed E-state index contributed by atoms with van der Waals surface area (Å²) >= 11 is 0. The highest BCUT2D eigenvalue weighted by Crippen LogP contribution is 2.56. The van der Waals surface area contributed by atoms with Crippen LogP contribution in [0.1, 0.15) is 170 Å². The lowest BCUT2D eigenvalue weighted by Crippen LogP contribution is -2.04. The minimum atomic E-state index is -0.414. The van der Waals surface area contributed by atoms with Crippen LogP contribution in [-0.2, 0) is 28.4 Å². The van der Waals surface area contributed by atoms with E-state index < -0.39 is 35.8 Å². The standard InChI is InChI=1S/C108H78O12/c1-7-115-103(109)91-61-37-79(38-62-91)19-13-73-25-49-85(50-26-73)97-98(86-51-27-74(28-52-86)14-20-80-39-63-92(64-40-80)104(110)116-8-2)100(88-55-31-76(32-56-88)16-22-82-43-67-94(68-44-82)106(112)118-10-4)102(90-59-35-78(36-60-90)18-24-84-47-71-96(72-48-84)108(114)120-12-6)101(89-57-33-77(34-58-89)17-23-83-45-69-95(70-46-83)107(113)119-11-5)99(97)87-53-29-75(30-54-87)15-21-81-41-65-93(66-42-81)105(111)117-9-3/h25-72H,7-12H2,1-6H3. The van der Waals surface area contributed by atoms with Gasteiger partial charge >= 0.3 is 35.8 Å². The number of carbonyl (C=O) groups is 6. The predicted molar refractivity (Wildman–Crippen MR) is 469 cm³/mol. The molecule has 12 nitrogen and oxygen atoms in total. The molecule has 13 rings (SSSR count). The lowest BCUT2D eigenvalue weighted by atomic mass is 9.74. The Labute approximate surface area is 699 Å². The summed E-state index contributed by atoms with van der Waals surface area (Å²) in [6.07, 6.45) is 0. The second-order valence-electron chi connectivity index (χ2n) is 27.0. The smallest absolute Gasteiger partial charge is 0.338 e. The first-order chi connectivity index (χ1) is 58.7. The van der Waals surface area contributed by atoms with Crippen molar-refractivity contribution in [1.82, 2.24) is 0 Å². The van der Waals surface area contributed by atoms with Gasteiger partial charge in [-0.2, -0.15) is 0 Å². The molecule has 0 bridgehead atoms. The van der Waals surface area contributed by atoms with Crippen molar-refractivity contribution in [3.05, 3.63) is 391 Å². The van der Waals surface area contributed by atoms with Crippen molar-refractivity contribution in [2.75, 3.05) is 39.6 Å². The molecule has 0 atom stereocenters. The van der Waals surface area contributed by atoms with E-state index in [1.165, 1.54) is 0 Å². The zero-order chi connectivity index (χ0) is 83.7. The van der Waals surface area contributed by atoms with E-state index in [1.807, 2.05) is 72.8 Å². The van der Waals surface area contributed by atoms with Gasteiger partial charge in [0.05, 0.1) is 73.0 Å². The van der Waals surface area contributed by atoms with E-state index in [0.717, 1.165) is 100 Å². The minimum absolute atomic E-state index is 0.251.